The number of rotatable bonds is 2. The third kappa shape index (κ3) is 1.87. The zero-order valence-electron chi connectivity index (χ0n) is 10.8. The van der Waals surface area contributed by atoms with E-state index in [4.69, 9.17) is 5.73 Å². The number of hydrogen-bond acceptors (Lipinski definition) is 5. The highest BCUT2D eigenvalue weighted by Crippen LogP contribution is 2.26. The number of imide groups is 1. The minimum atomic E-state index is -0.293. The first-order valence-corrected chi connectivity index (χ1v) is 6.01. The maximum absolute atomic E-state index is 11.9. The number of carbonyl (C=O) groups excluding carboxylic acids is 2. The van der Waals surface area contributed by atoms with E-state index < -0.39 is 0 Å². The van der Waals surface area contributed by atoms with E-state index in [1.165, 1.54) is 13.2 Å². The van der Waals surface area contributed by atoms with Crippen LogP contribution in [-0.4, -0.2) is 28.7 Å². The van der Waals surface area contributed by atoms with Gasteiger partial charge < -0.3 is 11.1 Å². The first kappa shape index (κ1) is 12.2. The van der Waals surface area contributed by atoms with Crippen molar-refractivity contribution in [3.05, 3.63) is 47.7 Å². The van der Waals surface area contributed by atoms with Gasteiger partial charge in [0.05, 0.1) is 23.0 Å². The number of nitrogens with zero attached hydrogens (tertiary/aromatic N) is 2. The van der Waals surface area contributed by atoms with Gasteiger partial charge in [0, 0.05) is 12.7 Å². The molecule has 20 heavy (non-hydrogen) atoms. The summed E-state index contributed by atoms with van der Waals surface area (Å²) in [6.45, 7) is 0. The summed E-state index contributed by atoms with van der Waals surface area (Å²) >= 11 is 0. The Morgan fingerprint density at radius 1 is 1.10 bits per heavy atom. The van der Waals surface area contributed by atoms with Gasteiger partial charge in [0.1, 0.15) is 5.82 Å². The van der Waals surface area contributed by atoms with E-state index in [0.717, 1.165) is 4.90 Å². The maximum atomic E-state index is 11.9. The van der Waals surface area contributed by atoms with Gasteiger partial charge in [-0.25, -0.2) is 4.98 Å². The molecule has 1 aromatic carbocycles. The SMILES string of the molecule is CN1C(=O)c2ccc(Nc3ccc(N)cn3)cc2C1=O. The molecule has 0 spiro atoms. The fraction of sp³-hybridized carbons (Fsp3) is 0.0714. The normalized spacial score (nSPS) is 13.6. The Kier molecular flexibility index (Phi) is 2.64. The van der Waals surface area contributed by atoms with Gasteiger partial charge in [-0.05, 0) is 30.3 Å². The monoisotopic (exact) mass is 268 g/mol. The molecule has 100 valence electrons. The van der Waals surface area contributed by atoms with Crippen molar-refractivity contribution in [1.82, 2.24) is 9.88 Å². The smallest absolute Gasteiger partial charge is 0.261 e. The van der Waals surface area contributed by atoms with Crippen LogP contribution in [0, 0.1) is 0 Å². The fourth-order valence-corrected chi connectivity index (χ4v) is 2.07. The van der Waals surface area contributed by atoms with Gasteiger partial charge in [-0.1, -0.05) is 0 Å². The van der Waals surface area contributed by atoms with Gasteiger partial charge in [-0.2, -0.15) is 0 Å². The average molecular weight is 268 g/mol. The lowest BCUT2D eigenvalue weighted by atomic mass is 10.1. The summed E-state index contributed by atoms with van der Waals surface area (Å²) < 4.78 is 0. The summed E-state index contributed by atoms with van der Waals surface area (Å²) in [4.78, 5) is 28.9. The molecule has 0 fully saturated rings. The van der Waals surface area contributed by atoms with Gasteiger partial charge >= 0.3 is 0 Å². The fourth-order valence-electron chi connectivity index (χ4n) is 2.07. The first-order chi connectivity index (χ1) is 9.56. The molecule has 0 saturated carbocycles. The number of nitrogen functional groups attached to an aromatic ring is 1. The van der Waals surface area contributed by atoms with Crippen LogP contribution in [0.2, 0.25) is 0 Å². The molecule has 2 heterocycles. The minimum absolute atomic E-state index is 0.276. The van der Waals surface area contributed by atoms with Crippen LogP contribution in [0.4, 0.5) is 17.2 Å². The Morgan fingerprint density at radius 3 is 2.55 bits per heavy atom. The summed E-state index contributed by atoms with van der Waals surface area (Å²) in [6, 6.07) is 8.49. The predicted molar refractivity (Wildman–Crippen MR) is 74.8 cm³/mol. The number of benzene rings is 1. The maximum Gasteiger partial charge on any atom is 0.261 e. The summed E-state index contributed by atoms with van der Waals surface area (Å²) in [7, 11) is 1.47. The number of fused-ring (bicyclic) bond motifs is 1. The molecule has 0 atom stereocenters. The molecule has 3 rings (SSSR count). The quantitative estimate of drug-likeness (QED) is 0.808. The molecule has 1 aliphatic heterocycles. The number of hydrogen-bond donors (Lipinski definition) is 2. The van der Waals surface area contributed by atoms with Crippen LogP contribution in [0.5, 0.6) is 0 Å². The standard InChI is InChI=1S/C14H12N4O2/c1-18-13(19)10-4-3-9(6-11(10)14(18)20)17-12-5-2-8(15)7-16-12/h2-7H,15H2,1H3,(H,16,17). The van der Waals surface area contributed by atoms with Crippen molar-refractivity contribution >= 4 is 29.0 Å². The van der Waals surface area contributed by atoms with E-state index in [-0.39, 0.29) is 11.8 Å². The summed E-state index contributed by atoms with van der Waals surface area (Å²) in [5.74, 6) is 0.0466. The van der Waals surface area contributed by atoms with Crippen molar-refractivity contribution < 1.29 is 9.59 Å². The highest BCUT2D eigenvalue weighted by atomic mass is 16.2. The third-order valence-electron chi connectivity index (χ3n) is 3.15. The second-order valence-corrected chi connectivity index (χ2v) is 4.53. The van der Waals surface area contributed by atoms with E-state index in [0.29, 0.717) is 28.3 Å². The number of nitrogens with one attached hydrogen (secondary N) is 1. The molecular weight excluding hydrogens is 256 g/mol. The Morgan fingerprint density at radius 2 is 1.85 bits per heavy atom. The molecular formula is C14H12N4O2. The van der Waals surface area contributed by atoms with E-state index in [9.17, 15) is 9.59 Å². The molecule has 2 aromatic rings. The largest absolute Gasteiger partial charge is 0.397 e. The zero-order valence-corrected chi connectivity index (χ0v) is 10.8. The van der Waals surface area contributed by atoms with Gasteiger partial charge in [-0.15, -0.1) is 0 Å². The average Bonchev–Trinajstić information content (AvgIpc) is 2.66. The molecule has 6 heteroatoms. The van der Waals surface area contributed by atoms with Crippen LogP contribution >= 0.6 is 0 Å². The number of anilines is 3. The van der Waals surface area contributed by atoms with Crippen LogP contribution in [0.25, 0.3) is 0 Å². The van der Waals surface area contributed by atoms with Crippen molar-refractivity contribution in [2.45, 2.75) is 0 Å². The molecule has 3 N–H and O–H groups in total. The number of aromatic nitrogens is 1. The lowest BCUT2D eigenvalue weighted by molar-refractivity contribution is 0.0693. The Labute approximate surface area is 115 Å². The zero-order chi connectivity index (χ0) is 14.3. The van der Waals surface area contributed by atoms with E-state index in [1.54, 1.807) is 30.3 Å². The molecule has 0 unspecified atom stereocenters. The Bertz CT molecular complexity index is 710. The molecule has 2 amide bonds. The lowest BCUT2D eigenvalue weighted by Gasteiger charge is -2.06. The van der Waals surface area contributed by atoms with Gasteiger partial charge in [-0.3, -0.25) is 14.5 Å². The Hall–Kier alpha value is -2.89. The topological polar surface area (TPSA) is 88.3 Å². The van der Waals surface area contributed by atoms with Gasteiger partial charge in [0.15, 0.2) is 0 Å². The molecule has 6 nitrogen and oxygen atoms in total. The van der Waals surface area contributed by atoms with Crippen LogP contribution in [-0.2, 0) is 0 Å². The lowest BCUT2D eigenvalue weighted by Crippen LogP contribution is -2.24. The molecule has 0 saturated heterocycles. The molecule has 0 bridgehead atoms. The number of amides is 2. The van der Waals surface area contributed by atoms with Gasteiger partial charge in [0.25, 0.3) is 11.8 Å². The van der Waals surface area contributed by atoms with Crippen molar-refractivity contribution in [2.24, 2.45) is 0 Å². The van der Waals surface area contributed by atoms with Crippen molar-refractivity contribution in [1.29, 1.82) is 0 Å². The first-order valence-electron chi connectivity index (χ1n) is 6.01. The summed E-state index contributed by atoms with van der Waals surface area (Å²) in [6.07, 6.45) is 1.54. The van der Waals surface area contributed by atoms with Crippen LogP contribution < -0.4 is 11.1 Å². The highest BCUT2D eigenvalue weighted by molar-refractivity contribution is 6.21. The number of nitrogens with two attached hydrogens (primary N) is 1. The van der Waals surface area contributed by atoms with Crippen molar-refractivity contribution in [3.8, 4) is 0 Å². The number of pyridine rings is 1. The van der Waals surface area contributed by atoms with Crippen LogP contribution in [0.3, 0.4) is 0 Å². The van der Waals surface area contributed by atoms with E-state index in [2.05, 4.69) is 10.3 Å². The second kappa shape index (κ2) is 4.34. The Balaban J connectivity index is 1.92. The third-order valence-corrected chi connectivity index (χ3v) is 3.15. The van der Waals surface area contributed by atoms with Crippen LogP contribution in [0.15, 0.2) is 36.5 Å². The van der Waals surface area contributed by atoms with Crippen molar-refractivity contribution in [3.63, 3.8) is 0 Å². The van der Waals surface area contributed by atoms with Gasteiger partial charge in [0.2, 0.25) is 0 Å². The predicted octanol–water partition coefficient (Wildman–Crippen LogP) is 1.63. The number of carbonyl (C=O) groups is 2. The molecule has 1 aromatic heterocycles. The summed E-state index contributed by atoms with van der Waals surface area (Å²) in [5, 5.41) is 3.06. The van der Waals surface area contributed by atoms with Crippen molar-refractivity contribution in [2.75, 3.05) is 18.1 Å². The minimum Gasteiger partial charge on any atom is -0.397 e. The van der Waals surface area contributed by atoms with Crippen LogP contribution in [0.1, 0.15) is 20.7 Å². The molecule has 1 aliphatic rings. The van der Waals surface area contributed by atoms with E-state index >= 15 is 0 Å². The highest BCUT2D eigenvalue weighted by Gasteiger charge is 2.32. The van der Waals surface area contributed by atoms with E-state index in [1.807, 2.05) is 0 Å². The second-order valence-electron chi connectivity index (χ2n) is 4.53. The molecule has 0 aliphatic carbocycles. The summed E-state index contributed by atoms with van der Waals surface area (Å²) in [5.41, 5.74) is 7.66. The molecule has 0 radical (unpaired) electrons.